The van der Waals surface area contributed by atoms with Gasteiger partial charge in [0.1, 0.15) is 16.4 Å². The fourth-order valence-corrected chi connectivity index (χ4v) is 3.84. The van der Waals surface area contributed by atoms with Crippen LogP contribution in [0.3, 0.4) is 0 Å². The van der Waals surface area contributed by atoms with Gasteiger partial charge in [0.15, 0.2) is 0 Å². The number of hydrogen-bond acceptors (Lipinski definition) is 6. The smallest absolute Gasteiger partial charge is 0.321 e. The Morgan fingerprint density at radius 2 is 2.10 bits per heavy atom. The van der Waals surface area contributed by atoms with Crippen molar-refractivity contribution in [2.45, 2.75) is 19.4 Å². The maximum absolute atomic E-state index is 12.6. The largest absolute Gasteiger partial charge is 0.344 e. The molecule has 29 heavy (non-hydrogen) atoms. The molecule has 8 nitrogen and oxygen atoms in total. The Kier molecular flexibility index (Phi) is 5.48. The first kappa shape index (κ1) is 19.0. The van der Waals surface area contributed by atoms with Gasteiger partial charge in [-0.05, 0) is 31.0 Å². The summed E-state index contributed by atoms with van der Waals surface area (Å²) in [5.41, 5.74) is 2.78. The van der Waals surface area contributed by atoms with Crippen LogP contribution in [0.25, 0.3) is 10.7 Å². The molecule has 0 radical (unpaired) electrons. The molecule has 0 saturated carbocycles. The van der Waals surface area contributed by atoms with Crippen molar-refractivity contribution in [3.8, 4) is 10.7 Å². The number of amides is 3. The highest BCUT2D eigenvalue weighted by atomic mass is 32.1. The number of anilines is 1. The van der Waals surface area contributed by atoms with Crippen LogP contribution in [0.1, 0.15) is 35.4 Å². The van der Waals surface area contributed by atoms with Gasteiger partial charge in [0.25, 0.3) is 5.91 Å². The number of hydrogen-bond donors (Lipinski definition) is 2. The molecule has 3 heterocycles. The number of carbonyl (C=O) groups is 2. The Hall–Kier alpha value is -3.33. The minimum Gasteiger partial charge on any atom is -0.344 e. The summed E-state index contributed by atoms with van der Waals surface area (Å²) in [5, 5.41) is 8.17. The van der Waals surface area contributed by atoms with Crippen molar-refractivity contribution in [1.82, 2.24) is 25.6 Å². The topological polar surface area (TPSA) is 100 Å². The molecule has 9 heteroatoms. The van der Waals surface area contributed by atoms with E-state index in [1.165, 1.54) is 11.3 Å². The van der Waals surface area contributed by atoms with E-state index in [1.54, 1.807) is 28.9 Å². The molecule has 0 unspecified atom stereocenters. The first-order chi connectivity index (χ1) is 14.1. The third kappa shape index (κ3) is 4.24. The number of urea groups is 1. The van der Waals surface area contributed by atoms with Gasteiger partial charge in [0.2, 0.25) is 0 Å². The standard InChI is InChI=1S/C20H20N6O2S/c1-13(14-3-5-15(6-4-14)26-10-2-7-23-20(26)28)24-18(27)17-12-29-19(25-17)16-11-21-8-9-22-16/h3-6,8-9,11-13H,2,7,10H2,1H3,(H,23,28)(H,24,27)/t13-/m0/s1. The number of benzene rings is 1. The summed E-state index contributed by atoms with van der Waals surface area (Å²) in [4.78, 5) is 38.8. The molecule has 1 aliphatic rings. The molecule has 1 atom stereocenters. The van der Waals surface area contributed by atoms with Gasteiger partial charge in [-0.25, -0.2) is 9.78 Å². The second kappa shape index (κ2) is 8.36. The lowest BCUT2D eigenvalue weighted by atomic mass is 10.1. The van der Waals surface area contributed by atoms with E-state index in [1.807, 2.05) is 31.2 Å². The summed E-state index contributed by atoms with van der Waals surface area (Å²) in [6.45, 7) is 3.33. The van der Waals surface area contributed by atoms with Crippen LogP contribution in [0, 0.1) is 0 Å². The third-order valence-corrected chi connectivity index (χ3v) is 5.52. The van der Waals surface area contributed by atoms with E-state index in [9.17, 15) is 9.59 Å². The molecule has 1 saturated heterocycles. The first-order valence-corrected chi connectivity index (χ1v) is 10.2. The van der Waals surface area contributed by atoms with Crippen LogP contribution in [0.15, 0.2) is 48.2 Å². The summed E-state index contributed by atoms with van der Waals surface area (Å²) < 4.78 is 0. The van der Waals surface area contributed by atoms with Crippen molar-refractivity contribution in [3.05, 3.63) is 59.5 Å². The van der Waals surface area contributed by atoms with E-state index in [-0.39, 0.29) is 18.0 Å². The molecule has 0 bridgehead atoms. The second-order valence-corrected chi connectivity index (χ2v) is 7.51. The van der Waals surface area contributed by atoms with Crippen LogP contribution in [0.5, 0.6) is 0 Å². The lowest BCUT2D eigenvalue weighted by Crippen LogP contribution is -2.46. The molecule has 3 aromatic rings. The molecule has 3 amide bonds. The van der Waals surface area contributed by atoms with Crippen LogP contribution in [-0.4, -0.2) is 40.0 Å². The maximum atomic E-state index is 12.6. The van der Waals surface area contributed by atoms with Gasteiger partial charge in [-0.1, -0.05) is 12.1 Å². The van der Waals surface area contributed by atoms with Crippen LogP contribution in [-0.2, 0) is 0 Å². The molecule has 2 N–H and O–H groups in total. The third-order valence-electron chi connectivity index (χ3n) is 4.65. The molecule has 0 spiro atoms. The van der Waals surface area contributed by atoms with Gasteiger partial charge >= 0.3 is 6.03 Å². The fraction of sp³-hybridized carbons (Fsp3) is 0.250. The highest BCUT2D eigenvalue weighted by Gasteiger charge is 2.20. The van der Waals surface area contributed by atoms with E-state index in [0.717, 1.165) is 17.7 Å². The summed E-state index contributed by atoms with van der Waals surface area (Å²) >= 11 is 1.35. The van der Waals surface area contributed by atoms with E-state index in [0.29, 0.717) is 29.5 Å². The Morgan fingerprint density at radius 1 is 1.28 bits per heavy atom. The van der Waals surface area contributed by atoms with Crippen molar-refractivity contribution in [2.24, 2.45) is 0 Å². The average molecular weight is 408 g/mol. The monoisotopic (exact) mass is 408 g/mol. The second-order valence-electron chi connectivity index (χ2n) is 6.65. The van der Waals surface area contributed by atoms with Gasteiger partial charge in [-0.2, -0.15) is 0 Å². The van der Waals surface area contributed by atoms with Crippen LogP contribution < -0.4 is 15.5 Å². The van der Waals surface area contributed by atoms with Gasteiger partial charge in [0, 0.05) is 36.6 Å². The van der Waals surface area contributed by atoms with E-state index in [4.69, 9.17) is 0 Å². The molecule has 1 fully saturated rings. The Bertz CT molecular complexity index is 1010. The highest BCUT2D eigenvalue weighted by Crippen LogP contribution is 2.23. The fourth-order valence-electron chi connectivity index (χ4n) is 3.08. The minimum absolute atomic E-state index is 0.0761. The zero-order valence-electron chi connectivity index (χ0n) is 15.8. The molecule has 4 rings (SSSR count). The molecule has 0 aliphatic carbocycles. The number of thiazole rings is 1. The van der Waals surface area contributed by atoms with Crippen molar-refractivity contribution in [3.63, 3.8) is 0 Å². The number of aromatic nitrogens is 3. The zero-order valence-corrected chi connectivity index (χ0v) is 16.6. The number of carbonyl (C=O) groups excluding carboxylic acids is 2. The minimum atomic E-state index is -0.247. The van der Waals surface area contributed by atoms with Crippen molar-refractivity contribution in [2.75, 3.05) is 18.0 Å². The quantitative estimate of drug-likeness (QED) is 0.676. The van der Waals surface area contributed by atoms with Crippen LogP contribution >= 0.6 is 11.3 Å². The van der Waals surface area contributed by atoms with Crippen molar-refractivity contribution < 1.29 is 9.59 Å². The molecule has 148 valence electrons. The van der Waals surface area contributed by atoms with Gasteiger partial charge in [0.05, 0.1) is 12.2 Å². The van der Waals surface area contributed by atoms with Crippen LogP contribution in [0.4, 0.5) is 10.5 Å². The first-order valence-electron chi connectivity index (χ1n) is 9.30. The lowest BCUT2D eigenvalue weighted by Gasteiger charge is -2.27. The molecule has 2 aromatic heterocycles. The molecule has 1 aliphatic heterocycles. The Morgan fingerprint density at radius 3 is 2.83 bits per heavy atom. The Balaban J connectivity index is 1.41. The molecular weight excluding hydrogens is 388 g/mol. The SMILES string of the molecule is C[C@H](NC(=O)c1csc(-c2cnccn2)n1)c1ccc(N2CCCNC2=O)cc1. The van der Waals surface area contributed by atoms with Gasteiger partial charge in [-0.15, -0.1) is 11.3 Å². The van der Waals surface area contributed by atoms with Gasteiger partial charge < -0.3 is 10.6 Å². The number of nitrogens with zero attached hydrogens (tertiary/aromatic N) is 4. The molecular formula is C20H20N6O2S. The predicted molar refractivity (Wildman–Crippen MR) is 111 cm³/mol. The van der Waals surface area contributed by atoms with E-state index >= 15 is 0 Å². The van der Waals surface area contributed by atoms with Crippen molar-refractivity contribution in [1.29, 1.82) is 0 Å². The summed E-state index contributed by atoms with van der Waals surface area (Å²) in [7, 11) is 0. The lowest BCUT2D eigenvalue weighted by molar-refractivity contribution is 0.0935. The zero-order chi connectivity index (χ0) is 20.2. The van der Waals surface area contributed by atoms with E-state index < -0.39 is 0 Å². The maximum Gasteiger partial charge on any atom is 0.321 e. The summed E-state index contributed by atoms with van der Waals surface area (Å²) in [6, 6.07) is 7.37. The highest BCUT2D eigenvalue weighted by molar-refractivity contribution is 7.13. The van der Waals surface area contributed by atoms with E-state index in [2.05, 4.69) is 25.6 Å². The Labute approximate surface area is 172 Å². The number of nitrogens with one attached hydrogen (secondary N) is 2. The number of rotatable bonds is 5. The summed E-state index contributed by atoms with van der Waals surface area (Å²) in [5.74, 6) is -0.247. The predicted octanol–water partition coefficient (Wildman–Crippen LogP) is 3.01. The van der Waals surface area contributed by atoms with Gasteiger partial charge in [-0.3, -0.25) is 19.7 Å². The normalized spacial score (nSPS) is 14.9. The summed E-state index contributed by atoms with van der Waals surface area (Å²) in [6.07, 6.45) is 5.72. The molecule has 1 aromatic carbocycles. The van der Waals surface area contributed by atoms with Crippen LogP contribution in [0.2, 0.25) is 0 Å². The van der Waals surface area contributed by atoms with Crippen molar-refractivity contribution >= 4 is 29.0 Å². The average Bonchev–Trinajstić information content (AvgIpc) is 3.25.